The van der Waals surface area contributed by atoms with Gasteiger partial charge in [0.2, 0.25) is 5.91 Å². The number of carbonyl (C=O) groups is 1. The van der Waals surface area contributed by atoms with Crippen molar-refractivity contribution < 1.29 is 4.79 Å². The average Bonchev–Trinajstić information content (AvgIpc) is 3.13. The molecule has 2 rings (SSSR count). The molecule has 0 spiro atoms. The lowest BCUT2D eigenvalue weighted by Crippen LogP contribution is -2.36. The summed E-state index contributed by atoms with van der Waals surface area (Å²) < 4.78 is 0. The van der Waals surface area contributed by atoms with Crippen molar-refractivity contribution in [2.45, 2.75) is 52.6 Å². The van der Waals surface area contributed by atoms with Crippen LogP contribution < -0.4 is 16.0 Å². The van der Waals surface area contributed by atoms with Crippen LogP contribution in [0.15, 0.2) is 34.6 Å². The molecule has 0 unspecified atom stereocenters. The number of carbonyl (C=O) groups excluding carboxylic acids is 1. The highest BCUT2D eigenvalue weighted by atomic mass is 32.1. The van der Waals surface area contributed by atoms with Gasteiger partial charge in [-0.1, -0.05) is 32.9 Å². The number of rotatable bonds is 8. The molecule has 7 heteroatoms. The van der Waals surface area contributed by atoms with E-state index in [2.05, 4.69) is 45.2 Å². The largest absolute Gasteiger partial charge is 0.352 e. The molecule has 0 saturated heterocycles. The van der Waals surface area contributed by atoms with E-state index in [1.807, 2.05) is 31.2 Å². The fourth-order valence-electron chi connectivity index (χ4n) is 2.39. The van der Waals surface area contributed by atoms with Gasteiger partial charge in [-0.05, 0) is 30.0 Å². The van der Waals surface area contributed by atoms with Crippen LogP contribution in [0.5, 0.6) is 0 Å². The van der Waals surface area contributed by atoms with E-state index in [9.17, 15) is 4.79 Å². The molecule has 1 heterocycles. The van der Waals surface area contributed by atoms with Crippen molar-refractivity contribution in [3.8, 4) is 0 Å². The third-order valence-corrected chi connectivity index (χ3v) is 4.83. The van der Waals surface area contributed by atoms with Gasteiger partial charge in [0.15, 0.2) is 5.96 Å². The van der Waals surface area contributed by atoms with E-state index < -0.39 is 0 Å². The van der Waals surface area contributed by atoms with Crippen molar-refractivity contribution >= 4 is 28.9 Å². The normalized spacial score (nSPS) is 11.5. The van der Waals surface area contributed by atoms with Crippen molar-refractivity contribution in [3.05, 3.63) is 45.9 Å². The molecule has 146 valence electrons. The first kappa shape index (κ1) is 20.9. The molecule has 6 nitrogen and oxygen atoms in total. The topological polar surface area (TPSA) is 78.4 Å². The number of aromatic nitrogens is 1. The number of aliphatic imine (C=N–C) groups is 1. The number of amides is 1. The predicted octanol–water partition coefficient (Wildman–Crippen LogP) is 3.87. The lowest BCUT2D eigenvalue weighted by atomic mass is 10.2. The fraction of sp³-hybridized carbons (Fsp3) is 0.450. The van der Waals surface area contributed by atoms with E-state index in [-0.39, 0.29) is 5.91 Å². The summed E-state index contributed by atoms with van der Waals surface area (Å²) in [7, 11) is 1.75. The van der Waals surface area contributed by atoms with Gasteiger partial charge in [-0.15, -0.1) is 11.3 Å². The van der Waals surface area contributed by atoms with E-state index in [1.165, 1.54) is 0 Å². The molecule has 0 radical (unpaired) electrons. The predicted molar refractivity (Wildman–Crippen MR) is 113 cm³/mol. The summed E-state index contributed by atoms with van der Waals surface area (Å²) in [6.45, 7) is 7.59. The van der Waals surface area contributed by atoms with Gasteiger partial charge in [0.05, 0.1) is 12.2 Å². The second-order valence-electron chi connectivity index (χ2n) is 6.60. The summed E-state index contributed by atoms with van der Waals surface area (Å²) in [5.41, 5.74) is 3.07. The van der Waals surface area contributed by atoms with Crippen molar-refractivity contribution in [1.82, 2.24) is 15.6 Å². The molecule has 1 aromatic carbocycles. The summed E-state index contributed by atoms with van der Waals surface area (Å²) in [5, 5.41) is 12.6. The van der Waals surface area contributed by atoms with Gasteiger partial charge >= 0.3 is 0 Å². The highest BCUT2D eigenvalue weighted by Gasteiger charge is 2.06. The maximum absolute atomic E-state index is 11.6. The standard InChI is InChI=1S/C20H29N5OS/c1-5-6-18(26)24-16-9-7-15(8-10-16)11-22-20(21-4)23-12-19-25-17(13-27-19)14(2)3/h7-10,13-14H,5-6,11-12H2,1-4H3,(H,24,26)(H2,21,22,23). The monoisotopic (exact) mass is 387 g/mol. The Morgan fingerprint density at radius 3 is 2.48 bits per heavy atom. The van der Waals surface area contributed by atoms with E-state index in [1.54, 1.807) is 18.4 Å². The second-order valence-corrected chi connectivity index (χ2v) is 7.54. The van der Waals surface area contributed by atoms with Crippen LogP contribution in [0.25, 0.3) is 0 Å². The molecule has 27 heavy (non-hydrogen) atoms. The van der Waals surface area contributed by atoms with E-state index in [0.29, 0.717) is 25.4 Å². The van der Waals surface area contributed by atoms with Gasteiger partial charge in [0.1, 0.15) is 5.01 Å². The Bertz CT molecular complexity index is 752. The van der Waals surface area contributed by atoms with Crippen molar-refractivity contribution in [2.75, 3.05) is 12.4 Å². The van der Waals surface area contributed by atoms with E-state index in [4.69, 9.17) is 0 Å². The second kappa shape index (κ2) is 10.7. The highest BCUT2D eigenvalue weighted by molar-refractivity contribution is 7.09. The maximum atomic E-state index is 11.6. The molecule has 0 aliphatic heterocycles. The zero-order chi connectivity index (χ0) is 19.6. The lowest BCUT2D eigenvalue weighted by Gasteiger charge is -2.11. The first-order valence-electron chi connectivity index (χ1n) is 9.29. The van der Waals surface area contributed by atoms with Gasteiger partial charge in [-0.3, -0.25) is 9.79 Å². The summed E-state index contributed by atoms with van der Waals surface area (Å²) in [4.78, 5) is 20.5. The zero-order valence-corrected chi connectivity index (χ0v) is 17.3. The fourth-order valence-corrected chi connectivity index (χ4v) is 3.29. The van der Waals surface area contributed by atoms with Crippen LogP contribution in [0, 0.1) is 0 Å². The number of benzene rings is 1. The lowest BCUT2D eigenvalue weighted by molar-refractivity contribution is -0.116. The Labute approximate surface area is 165 Å². The van der Waals surface area contributed by atoms with Crippen LogP contribution in [0.3, 0.4) is 0 Å². The molecular weight excluding hydrogens is 358 g/mol. The number of nitrogens with zero attached hydrogens (tertiary/aromatic N) is 2. The van der Waals surface area contributed by atoms with Gasteiger partial charge in [0.25, 0.3) is 0 Å². The number of thiazole rings is 1. The Balaban J connectivity index is 1.80. The van der Waals surface area contributed by atoms with Crippen LogP contribution >= 0.6 is 11.3 Å². The van der Waals surface area contributed by atoms with Gasteiger partial charge < -0.3 is 16.0 Å². The Morgan fingerprint density at radius 2 is 1.89 bits per heavy atom. The molecule has 0 aliphatic carbocycles. The van der Waals surface area contributed by atoms with Crippen LogP contribution in [0.4, 0.5) is 5.69 Å². The molecule has 0 saturated carbocycles. The molecule has 0 fully saturated rings. The molecule has 2 aromatic rings. The Hall–Kier alpha value is -2.41. The van der Waals surface area contributed by atoms with Crippen LogP contribution in [-0.4, -0.2) is 23.9 Å². The first-order chi connectivity index (χ1) is 13.0. The third-order valence-electron chi connectivity index (χ3n) is 3.97. The number of anilines is 1. The van der Waals surface area contributed by atoms with Gasteiger partial charge in [0, 0.05) is 31.1 Å². The molecule has 0 aliphatic rings. The molecule has 0 bridgehead atoms. The number of guanidine groups is 1. The van der Waals surface area contributed by atoms with Crippen molar-refractivity contribution in [2.24, 2.45) is 4.99 Å². The number of nitrogens with one attached hydrogen (secondary N) is 3. The Morgan fingerprint density at radius 1 is 1.19 bits per heavy atom. The quantitative estimate of drug-likeness (QED) is 0.475. The number of hydrogen-bond donors (Lipinski definition) is 3. The molecule has 3 N–H and O–H groups in total. The SMILES string of the molecule is CCCC(=O)Nc1ccc(CNC(=NC)NCc2nc(C(C)C)cs2)cc1. The summed E-state index contributed by atoms with van der Waals surface area (Å²) in [6, 6.07) is 7.84. The minimum absolute atomic E-state index is 0.0517. The van der Waals surface area contributed by atoms with Crippen LogP contribution in [-0.2, 0) is 17.9 Å². The maximum Gasteiger partial charge on any atom is 0.224 e. The first-order valence-corrected chi connectivity index (χ1v) is 10.2. The molecule has 1 amide bonds. The molecule has 0 atom stereocenters. The van der Waals surface area contributed by atoms with Crippen molar-refractivity contribution in [3.63, 3.8) is 0 Å². The Kier molecular flexibility index (Phi) is 8.26. The molecule has 1 aromatic heterocycles. The number of hydrogen-bond acceptors (Lipinski definition) is 4. The molecular formula is C20H29N5OS. The van der Waals surface area contributed by atoms with Crippen molar-refractivity contribution in [1.29, 1.82) is 0 Å². The van der Waals surface area contributed by atoms with Crippen LogP contribution in [0.1, 0.15) is 55.8 Å². The van der Waals surface area contributed by atoms with E-state index in [0.717, 1.165) is 34.3 Å². The zero-order valence-electron chi connectivity index (χ0n) is 16.5. The third kappa shape index (κ3) is 7.02. The summed E-state index contributed by atoms with van der Waals surface area (Å²) >= 11 is 1.66. The van der Waals surface area contributed by atoms with Crippen LogP contribution in [0.2, 0.25) is 0 Å². The van der Waals surface area contributed by atoms with Gasteiger partial charge in [-0.2, -0.15) is 0 Å². The summed E-state index contributed by atoms with van der Waals surface area (Å²) in [6.07, 6.45) is 1.39. The average molecular weight is 388 g/mol. The highest BCUT2D eigenvalue weighted by Crippen LogP contribution is 2.17. The van der Waals surface area contributed by atoms with E-state index >= 15 is 0 Å². The minimum Gasteiger partial charge on any atom is -0.352 e. The smallest absolute Gasteiger partial charge is 0.224 e. The summed E-state index contributed by atoms with van der Waals surface area (Å²) in [5.74, 6) is 1.23. The van der Waals surface area contributed by atoms with Gasteiger partial charge in [-0.25, -0.2) is 4.98 Å². The minimum atomic E-state index is 0.0517.